The van der Waals surface area contributed by atoms with Crippen LogP contribution in [0.5, 0.6) is 0 Å². The molecular formula is C22H25FN2O3S. The molecule has 0 radical (unpaired) electrons. The molecule has 2 rings (SSSR count). The maximum Gasteiger partial charge on any atom is 0.252 e. The lowest BCUT2D eigenvalue weighted by atomic mass is 10.0. The topological polar surface area (TPSA) is 78.4 Å². The van der Waals surface area contributed by atoms with Gasteiger partial charge in [0, 0.05) is 23.4 Å². The number of hydroxylamine groups is 1. The van der Waals surface area contributed by atoms with E-state index in [4.69, 9.17) is 5.21 Å². The minimum atomic E-state index is -0.454. The standard InChI is InChI=1S/C22H25FN2O3S/c1-29-17-12-10-16(11-13-17)15-19(18-7-4-5-8-20(18)23)22(27)24-14-6-2-3-9-21(26)25-28/h4-5,7-8,10-13,15,28H,2-3,6,9,14H2,1H3,(H,24,27)(H,25,26)/b19-15-. The van der Waals surface area contributed by atoms with E-state index in [-0.39, 0.29) is 23.5 Å². The van der Waals surface area contributed by atoms with E-state index in [1.54, 1.807) is 41.5 Å². The number of carbonyl (C=O) groups is 2. The van der Waals surface area contributed by atoms with Crippen molar-refractivity contribution in [3.8, 4) is 0 Å². The van der Waals surface area contributed by atoms with Crippen LogP contribution in [-0.4, -0.2) is 29.8 Å². The highest BCUT2D eigenvalue weighted by molar-refractivity contribution is 7.98. The van der Waals surface area contributed by atoms with Gasteiger partial charge in [-0.2, -0.15) is 0 Å². The Morgan fingerprint density at radius 1 is 1.07 bits per heavy atom. The molecule has 0 aliphatic carbocycles. The molecule has 2 aromatic carbocycles. The molecule has 0 heterocycles. The summed E-state index contributed by atoms with van der Waals surface area (Å²) in [6.07, 6.45) is 5.92. The summed E-state index contributed by atoms with van der Waals surface area (Å²) in [5.41, 5.74) is 2.91. The summed E-state index contributed by atoms with van der Waals surface area (Å²) in [6, 6.07) is 13.9. The first-order chi connectivity index (χ1) is 14.0. The summed E-state index contributed by atoms with van der Waals surface area (Å²) in [5, 5.41) is 11.3. The Kier molecular flexibility index (Phi) is 9.40. The molecule has 2 aromatic rings. The van der Waals surface area contributed by atoms with Crippen LogP contribution in [0, 0.1) is 5.82 Å². The Bertz CT molecular complexity index is 853. The zero-order valence-electron chi connectivity index (χ0n) is 16.3. The van der Waals surface area contributed by atoms with Crippen molar-refractivity contribution >= 4 is 35.2 Å². The van der Waals surface area contributed by atoms with Gasteiger partial charge in [-0.25, -0.2) is 9.87 Å². The molecule has 0 atom stereocenters. The molecule has 0 bridgehead atoms. The maximum atomic E-state index is 14.3. The van der Waals surface area contributed by atoms with Crippen molar-refractivity contribution in [2.75, 3.05) is 12.8 Å². The monoisotopic (exact) mass is 416 g/mol. The van der Waals surface area contributed by atoms with Crippen LogP contribution in [0.25, 0.3) is 11.6 Å². The molecule has 0 aliphatic heterocycles. The average molecular weight is 417 g/mol. The number of carbonyl (C=O) groups excluding carboxylic acids is 2. The van der Waals surface area contributed by atoms with E-state index >= 15 is 0 Å². The minimum absolute atomic E-state index is 0.233. The van der Waals surface area contributed by atoms with Crippen LogP contribution < -0.4 is 10.8 Å². The number of halogens is 1. The maximum absolute atomic E-state index is 14.3. The van der Waals surface area contributed by atoms with Crippen molar-refractivity contribution in [2.24, 2.45) is 0 Å². The lowest BCUT2D eigenvalue weighted by Crippen LogP contribution is -2.26. The number of rotatable bonds is 10. The van der Waals surface area contributed by atoms with Crippen LogP contribution in [0.3, 0.4) is 0 Å². The molecular weight excluding hydrogens is 391 g/mol. The van der Waals surface area contributed by atoms with Crippen LogP contribution in [0.1, 0.15) is 36.8 Å². The number of amides is 2. The van der Waals surface area contributed by atoms with Crippen molar-refractivity contribution in [3.63, 3.8) is 0 Å². The fraction of sp³-hybridized carbons (Fsp3) is 0.273. The third-order valence-corrected chi connectivity index (χ3v) is 5.07. The van der Waals surface area contributed by atoms with Gasteiger partial charge < -0.3 is 5.32 Å². The van der Waals surface area contributed by atoms with E-state index in [1.165, 1.54) is 6.07 Å². The fourth-order valence-electron chi connectivity index (χ4n) is 2.75. The van der Waals surface area contributed by atoms with Gasteiger partial charge in [0.1, 0.15) is 5.82 Å². The molecule has 7 heteroatoms. The van der Waals surface area contributed by atoms with Crippen LogP contribution in [0.2, 0.25) is 0 Å². The summed E-state index contributed by atoms with van der Waals surface area (Å²) in [4.78, 5) is 24.8. The SMILES string of the molecule is CSc1ccc(/C=C(\C(=O)NCCCCCC(=O)NO)c2ccccc2F)cc1. The molecule has 0 saturated carbocycles. The highest BCUT2D eigenvalue weighted by atomic mass is 32.2. The summed E-state index contributed by atoms with van der Waals surface area (Å²) in [7, 11) is 0. The number of benzene rings is 2. The Morgan fingerprint density at radius 2 is 1.79 bits per heavy atom. The highest BCUT2D eigenvalue weighted by Gasteiger charge is 2.15. The predicted octanol–water partition coefficient (Wildman–Crippen LogP) is 4.27. The van der Waals surface area contributed by atoms with Crippen LogP contribution in [0.4, 0.5) is 4.39 Å². The minimum Gasteiger partial charge on any atom is -0.352 e. The number of nitrogens with one attached hydrogen (secondary N) is 2. The molecule has 0 aliphatic rings. The van der Waals surface area contributed by atoms with Gasteiger partial charge in [0.25, 0.3) is 5.91 Å². The number of hydrogen-bond acceptors (Lipinski definition) is 4. The Hall–Kier alpha value is -2.64. The first-order valence-electron chi connectivity index (χ1n) is 9.37. The predicted molar refractivity (Wildman–Crippen MR) is 114 cm³/mol. The molecule has 5 nitrogen and oxygen atoms in total. The van der Waals surface area contributed by atoms with E-state index in [0.29, 0.717) is 19.4 Å². The van der Waals surface area contributed by atoms with Gasteiger partial charge in [-0.3, -0.25) is 14.8 Å². The van der Waals surface area contributed by atoms with E-state index in [1.807, 2.05) is 30.5 Å². The molecule has 0 saturated heterocycles. The van der Waals surface area contributed by atoms with E-state index in [0.717, 1.165) is 16.9 Å². The first kappa shape index (κ1) is 22.6. The van der Waals surface area contributed by atoms with E-state index < -0.39 is 11.7 Å². The summed E-state index contributed by atoms with van der Waals surface area (Å²) in [6.45, 7) is 0.413. The van der Waals surface area contributed by atoms with Gasteiger partial charge in [-0.15, -0.1) is 11.8 Å². The van der Waals surface area contributed by atoms with Gasteiger partial charge in [0.15, 0.2) is 0 Å². The van der Waals surface area contributed by atoms with Crippen molar-refractivity contribution in [1.29, 1.82) is 0 Å². The van der Waals surface area contributed by atoms with Gasteiger partial charge >= 0.3 is 0 Å². The highest BCUT2D eigenvalue weighted by Crippen LogP contribution is 2.23. The molecule has 0 aromatic heterocycles. The normalized spacial score (nSPS) is 11.2. The van der Waals surface area contributed by atoms with Crippen molar-refractivity contribution < 1.29 is 19.2 Å². The molecule has 154 valence electrons. The van der Waals surface area contributed by atoms with Gasteiger partial charge in [0.2, 0.25) is 5.91 Å². The lowest BCUT2D eigenvalue weighted by molar-refractivity contribution is -0.129. The number of unbranched alkanes of at least 4 members (excludes halogenated alkanes) is 2. The summed E-state index contributed by atoms with van der Waals surface area (Å²) in [5.74, 6) is -1.23. The van der Waals surface area contributed by atoms with Crippen LogP contribution in [0.15, 0.2) is 53.4 Å². The number of thioether (sulfide) groups is 1. The quantitative estimate of drug-likeness (QED) is 0.135. The molecule has 3 N–H and O–H groups in total. The van der Waals surface area contributed by atoms with Gasteiger partial charge in [-0.1, -0.05) is 36.8 Å². The van der Waals surface area contributed by atoms with Crippen LogP contribution in [-0.2, 0) is 9.59 Å². The second kappa shape index (κ2) is 12.0. The second-order valence-electron chi connectivity index (χ2n) is 6.41. The van der Waals surface area contributed by atoms with Crippen molar-refractivity contribution in [3.05, 3.63) is 65.5 Å². The fourth-order valence-corrected chi connectivity index (χ4v) is 3.16. The van der Waals surface area contributed by atoms with Crippen molar-refractivity contribution in [1.82, 2.24) is 10.8 Å². The van der Waals surface area contributed by atoms with Crippen LogP contribution >= 0.6 is 11.8 Å². The van der Waals surface area contributed by atoms with E-state index in [2.05, 4.69) is 5.32 Å². The third kappa shape index (κ3) is 7.36. The van der Waals surface area contributed by atoms with Gasteiger partial charge in [-0.05, 0) is 48.9 Å². The Balaban J connectivity index is 2.07. The van der Waals surface area contributed by atoms with Gasteiger partial charge in [0.05, 0.1) is 5.57 Å². The third-order valence-electron chi connectivity index (χ3n) is 4.33. The first-order valence-corrected chi connectivity index (χ1v) is 10.6. The zero-order valence-corrected chi connectivity index (χ0v) is 17.1. The van der Waals surface area contributed by atoms with Crippen molar-refractivity contribution in [2.45, 2.75) is 30.6 Å². The zero-order chi connectivity index (χ0) is 21.1. The second-order valence-corrected chi connectivity index (χ2v) is 7.29. The molecule has 0 fully saturated rings. The summed E-state index contributed by atoms with van der Waals surface area (Å²) >= 11 is 1.62. The lowest BCUT2D eigenvalue weighted by Gasteiger charge is -2.11. The Morgan fingerprint density at radius 3 is 2.45 bits per heavy atom. The van der Waals surface area contributed by atoms with E-state index in [9.17, 15) is 14.0 Å². The smallest absolute Gasteiger partial charge is 0.252 e. The average Bonchev–Trinajstić information content (AvgIpc) is 2.75. The molecule has 0 unspecified atom stereocenters. The largest absolute Gasteiger partial charge is 0.352 e. The molecule has 0 spiro atoms. The number of hydrogen-bond donors (Lipinski definition) is 3. The summed E-state index contributed by atoms with van der Waals surface area (Å²) < 4.78 is 14.3. The Labute approximate surface area is 174 Å². The molecule has 2 amide bonds. The molecule has 29 heavy (non-hydrogen) atoms.